The lowest BCUT2D eigenvalue weighted by molar-refractivity contribution is 0.677. The fourth-order valence-electron chi connectivity index (χ4n) is 1.64. The summed E-state index contributed by atoms with van der Waals surface area (Å²) >= 11 is 5.20. The van der Waals surface area contributed by atoms with Gasteiger partial charge >= 0.3 is 0 Å². The number of pyridine rings is 1. The summed E-state index contributed by atoms with van der Waals surface area (Å²) in [5.41, 5.74) is 0. The highest BCUT2D eigenvalue weighted by molar-refractivity contribution is 9.10. The second-order valence-corrected chi connectivity index (χ2v) is 6.08. The first kappa shape index (κ1) is 12.6. The van der Waals surface area contributed by atoms with Crippen LogP contribution in [0, 0.1) is 0 Å². The Labute approximate surface area is 114 Å². The molecule has 0 atom stereocenters. The molecule has 0 unspecified atom stereocenters. The van der Waals surface area contributed by atoms with Gasteiger partial charge in [-0.05, 0) is 53.4 Å². The van der Waals surface area contributed by atoms with Gasteiger partial charge in [0.15, 0.2) is 0 Å². The van der Waals surface area contributed by atoms with Gasteiger partial charge in [0.2, 0.25) is 0 Å². The van der Waals surface area contributed by atoms with E-state index in [1.54, 1.807) is 11.3 Å². The topological polar surface area (TPSA) is 16.1 Å². The van der Waals surface area contributed by atoms with Gasteiger partial charge in [-0.3, -0.25) is 0 Å². The van der Waals surface area contributed by atoms with Crippen molar-refractivity contribution >= 4 is 33.1 Å². The van der Waals surface area contributed by atoms with Gasteiger partial charge in [0, 0.05) is 21.6 Å². The van der Waals surface area contributed by atoms with E-state index in [0.717, 1.165) is 16.8 Å². The molecule has 0 aliphatic heterocycles. The standard InChI is InChI=1S/C13H15BrN2S/c1-10(2)16(9-12-4-3-7-17-12)13-6-5-11(14)8-15-13/h3-8,10H,9H2,1-2H3. The molecule has 0 bridgehead atoms. The minimum Gasteiger partial charge on any atom is -0.349 e. The van der Waals surface area contributed by atoms with Crippen LogP contribution in [-0.4, -0.2) is 11.0 Å². The molecule has 90 valence electrons. The number of rotatable bonds is 4. The predicted molar refractivity (Wildman–Crippen MR) is 77.6 cm³/mol. The molecule has 0 saturated carbocycles. The quantitative estimate of drug-likeness (QED) is 0.836. The average Bonchev–Trinajstić information content (AvgIpc) is 2.80. The Bertz CT molecular complexity index is 451. The molecule has 17 heavy (non-hydrogen) atoms. The van der Waals surface area contributed by atoms with Crippen LogP contribution < -0.4 is 4.90 Å². The third-order valence-corrected chi connectivity index (χ3v) is 3.87. The Morgan fingerprint density at radius 2 is 2.18 bits per heavy atom. The monoisotopic (exact) mass is 310 g/mol. The SMILES string of the molecule is CC(C)N(Cc1cccs1)c1ccc(Br)cn1. The third-order valence-electron chi connectivity index (χ3n) is 2.54. The van der Waals surface area contributed by atoms with Gasteiger partial charge in [-0.2, -0.15) is 0 Å². The fourth-order valence-corrected chi connectivity index (χ4v) is 2.57. The maximum Gasteiger partial charge on any atom is 0.129 e. The second kappa shape index (κ2) is 5.65. The molecular formula is C13H15BrN2S. The van der Waals surface area contributed by atoms with Gasteiger partial charge in [0.25, 0.3) is 0 Å². The minimum absolute atomic E-state index is 0.436. The van der Waals surface area contributed by atoms with Crippen LogP contribution in [0.25, 0.3) is 0 Å². The van der Waals surface area contributed by atoms with Crippen molar-refractivity contribution < 1.29 is 0 Å². The van der Waals surface area contributed by atoms with Gasteiger partial charge in [0.05, 0.1) is 6.54 Å². The highest BCUT2D eigenvalue weighted by Crippen LogP contribution is 2.21. The van der Waals surface area contributed by atoms with Gasteiger partial charge in [-0.25, -0.2) is 4.98 Å². The Hall–Kier alpha value is -0.870. The molecule has 2 nitrogen and oxygen atoms in total. The molecule has 4 heteroatoms. The first-order valence-electron chi connectivity index (χ1n) is 5.57. The second-order valence-electron chi connectivity index (χ2n) is 4.14. The molecule has 0 amide bonds. The molecule has 2 aromatic rings. The lowest BCUT2D eigenvalue weighted by Gasteiger charge is -2.27. The van der Waals surface area contributed by atoms with Crippen LogP contribution in [0.15, 0.2) is 40.3 Å². The summed E-state index contributed by atoms with van der Waals surface area (Å²) in [6.07, 6.45) is 1.85. The van der Waals surface area contributed by atoms with Crippen LogP contribution in [-0.2, 0) is 6.54 Å². The number of aromatic nitrogens is 1. The van der Waals surface area contributed by atoms with Crippen molar-refractivity contribution in [1.29, 1.82) is 0 Å². The molecule has 2 rings (SSSR count). The molecule has 2 aromatic heterocycles. The van der Waals surface area contributed by atoms with Crippen molar-refractivity contribution in [3.8, 4) is 0 Å². The number of hydrogen-bond acceptors (Lipinski definition) is 3. The van der Waals surface area contributed by atoms with Crippen LogP contribution in [0.1, 0.15) is 18.7 Å². The van der Waals surface area contributed by atoms with E-state index in [2.05, 4.69) is 63.2 Å². The summed E-state index contributed by atoms with van der Waals surface area (Å²) in [5.74, 6) is 1.02. The van der Waals surface area contributed by atoms with E-state index in [1.165, 1.54) is 4.88 Å². The molecule has 0 aliphatic carbocycles. The van der Waals surface area contributed by atoms with Crippen molar-refractivity contribution in [2.75, 3.05) is 4.90 Å². The van der Waals surface area contributed by atoms with Crippen molar-refractivity contribution in [2.24, 2.45) is 0 Å². The number of anilines is 1. The van der Waals surface area contributed by atoms with E-state index < -0.39 is 0 Å². The number of thiophene rings is 1. The first-order chi connectivity index (χ1) is 8.16. The Kier molecular flexibility index (Phi) is 4.18. The maximum atomic E-state index is 4.46. The third kappa shape index (κ3) is 3.30. The minimum atomic E-state index is 0.436. The van der Waals surface area contributed by atoms with Crippen LogP contribution in [0.2, 0.25) is 0 Å². The Morgan fingerprint density at radius 1 is 1.35 bits per heavy atom. The summed E-state index contributed by atoms with van der Waals surface area (Å²) in [6.45, 7) is 5.30. The summed E-state index contributed by atoms with van der Waals surface area (Å²) in [6, 6.07) is 8.78. The van der Waals surface area contributed by atoms with Crippen molar-refractivity contribution in [2.45, 2.75) is 26.4 Å². The van der Waals surface area contributed by atoms with Crippen molar-refractivity contribution in [1.82, 2.24) is 4.98 Å². The van der Waals surface area contributed by atoms with E-state index in [-0.39, 0.29) is 0 Å². The summed E-state index contributed by atoms with van der Waals surface area (Å²) in [7, 11) is 0. The highest BCUT2D eigenvalue weighted by atomic mass is 79.9. The first-order valence-corrected chi connectivity index (χ1v) is 7.24. The van der Waals surface area contributed by atoms with Crippen LogP contribution >= 0.6 is 27.3 Å². The van der Waals surface area contributed by atoms with Gasteiger partial charge in [0.1, 0.15) is 5.82 Å². The zero-order valence-corrected chi connectivity index (χ0v) is 12.3. The highest BCUT2D eigenvalue weighted by Gasteiger charge is 2.12. The van der Waals surface area contributed by atoms with Gasteiger partial charge < -0.3 is 4.90 Å². The molecular weight excluding hydrogens is 296 g/mol. The maximum absolute atomic E-state index is 4.46. The van der Waals surface area contributed by atoms with E-state index in [9.17, 15) is 0 Å². The molecule has 0 fully saturated rings. The number of nitrogens with zero attached hydrogens (tertiary/aromatic N) is 2. The lowest BCUT2D eigenvalue weighted by Crippen LogP contribution is -2.30. The molecule has 2 heterocycles. The molecule has 0 spiro atoms. The molecule has 0 saturated heterocycles. The Morgan fingerprint density at radius 3 is 2.71 bits per heavy atom. The van der Waals surface area contributed by atoms with Crippen LogP contribution in [0.4, 0.5) is 5.82 Å². The fraction of sp³-hybridized carbons (Fsp3) is 0.308. The molecule has 0 radical (unpaired) electrons. The Balaban J connectivity index is 2.20. The van der Waals surface area contributed by atoms with Crippen molar-refractivity contribution in [3.63, 3.8) is 0 Å². The normalized spacial score (nSPS) is 10.8. The lowest BCUT2D eigenvalue weighted by atomic mass is 10.3. The molecule has 0 N–H and O–H groups in total. The van der Waals surface area contributed by atoms with Gasteiger partial charge in [-0.1, -0.05) is 6.07 Å². The largest absolute Gasteiger partial charge is 0.349 e. The summed E-state index contributed by atoms with van der Waals surface area (Å²) in [4.78, 5) is 8.13. The smallest absolute Gasteiger partial charge is 0.129 e. The zero-order chi connectivity index (χ0) is 12.3. The van der Waals surface area contributed by atoms with Gasteiger partial charge in [-0.15, -0.1) is 11.3 Å². The van der Waals surface area contributed by atoms with Crippen molar-refractivity contribution in [3.05, 3.63) is 45.2 Å². The number of halogens is 1. The molecule has 0 aliphatic rings. The molecule has 0 aromatic carbocycles. The average molecular weight is 311 g/mol. The van der Waals surface area contributed by atoms with Crippen LogP contribution in [0.3, 0.4) is 0 Å². The summed E-state index contributed by atoms with van der Waals surface area (Å²) < 4.78 is 1.01. The van der Waals surface area contributed by atoms with E-state index in [4.69, 9.17) is 0 Å². The predicted octanol–water partition coefficient (Wildman–Crippen LogP) is 4.32. The number of hydrogen-bond donors (Lipinski definition) is 0. The van der Waals surface area contributed by atoms with E-state index in [1.807, 2.05) is 12.3 Å². The van der Waals surface area contributed by atoms with E-state index >= 15 is 0 Å². The summed E-state index contributed by atoms with van der Waals surface area (Å²) in [5, 5.41) is 2.11. The van der Waals surface area contributed by atoms with Crippen LogP contribution in [0.5, 0.6) is 0 Å². The van der Waals surface area contributed by atoms with E-state index in [0.29, 0.717) is 6.04 Å². The zero-order valence-electron chi connectivity index (χ0n) is 9.93.